The first-order valence-corrected chi connectivity index (χ1v) is 7.00. The summed E-state index contributed by atoms with van der Waals surface area (Å²) in [5.41, 5.74) is 3.31. The van der Waals surface area contributed by atoms with Crippen LogP contribution in [0.15, 0.2) is 9.59 Å². The number of carboxylic acid groups (broad SMARTS) is 1. The van der Waals surface area contributed by atoms with Crippen molar-refractivity contribution in [1.82, 2.24) is 19.1 Å². The maximum Gasteiger partial charge on any atom is 0.333 e. The molecule has 12 heteroatoms. The standard InChI is InChI=1S/C12H15N5O7/c13-11-14-8-7(9(22)15-11)16(2-6(20)21)12(23)17(8)10-5(19)1-4(3-18)24-10/h4-5,10,18-19H,1-3H2,(H,20,21)(H3,13,14,15,22). The van der Waals surface area contributed by atoms with Crippen molar-refractivity contribution in [3.63, 3.8) is 0 Å². The van der Waals surface area contributed by atoms with Gasteiger partial charge in [-0.1, -0.05) is 0 Å². The average molecular weight is 341 g/mol. The predicted octanol–water partition coefficient (Wildman–Crippen LogP) is -2.81. The van der Waals surface area contributed by atoms with E-state index in [-0.39, 0.29) is 30.1 Å². The summed E-state index contributed by atoms with van der Waals surface area (Å²) < 4.78 is 7.00. The zero-order chi connectivity index (χ0) is 17.6. The minimum absolute atomic E-state index is 0.0673. The normalized spacial score (nSPS) is 23.8. The molecule has 0 spiro atoms. The van der Waals surface area contributed by atoms with E-state index in [1.807, 2.05) is 0 Å². The molecule has 2 aromatic rings. The molecular formula is C12H15N5O7. The van der Waals surface area contributed by atoms with Crippen LogP contribution >= 0.6 is 0 Å². The number of H-pyrrole nitrogens is 1. The van der Waals surface area contributed by atoms with Crippen molar-refractivity contribution >= 4 is 23.1 Å². The van der Waals surface area contributed by atoms with E-state index in [0.717, 1.165) is 4.57 Å². The van der Waals surface area contributed by atoms with Crippen molar-refractivity contribution in [3.8, 4) is 0 Å². The number of aliphatic hydroxyl groups excluding tert-OH is 2. The Kier molecular flexibility index (Phi) is 3.87. The van der Waals surface area contributed by atoms with Gasteiger partial charge in [0.1, 0.15) is 12.6 Å². The molecule has 1 saturated heterocycles. The number of hydrogen-bond donors (Lipinski definition) is 5. The third-order valence-corrected chi connectivity index (χ3v) is 3.75. The fraction of sp³-hybridized carbons (Fsp3) is 0.500. The predicted molar refractivity (Wildman–Crippen MR) is 78.3 cm³/mol. The number of fused-ring (bicyclic) bond motifs is 1. The molecule has 1 aliphatic heterocycles. The third kappa shape index (κ3) is 2.46. The van der Waals surface area contributed by atoms with Gasteiger partial charge < -0.3 is 25.8 Å². The molecule has 12 nitrogen and oxygen atoms in total. The molecule has 0 saturated carbocycles. The summed E-state index contributed by atoms with van der Waals surface area (Å²) in [4.78, 5) is 41.7. The third-order valence-electron chi connectivity index (χ3n) is 3.75. The van der Waals surface area contributed by atoms with Crippen LogP contribution < -0.4 is 17.0 Å². The summed E-state index contributed by atoms with van der Waals surface area (Å²) in [6.45, 7) is -1.14. The van der Waals surface area contributed by atoms with Gasteiger partial charge in [-0.25, -0.2) is 9.36 Å². The van der Waals surface area contributed by atoms with Crippen LogP contribution in [0.3, 0.4) is 0 Å². The molecule has 0 aliphatic carbocycles. The average Bonchev–Trinajstić information content (AvgIpc) is 2.97. The van der Waals surface area contributed by atoms with Crippen LogP contribution in [0.5, 0.6) is 0 Å². The van der Waals surface area contributed by atoms with Crippen LogP contribution in [0, 0.1) is 0 Å². The van der Waals surface area contributed by atoms with Crippen LogP contribution in [0.2, 0.25) is 0 Å². The Hall–Kier alpha value is -2.70. The van der Waals surface area contributed by atoms with E-state index < -0.39 is 42.2 Å². The number of nitrogen functional groups attached to an aromatic ring is 1. The smallest absolute Gasteiger partial charge is 0.333 e. The SMILES string of the molecule is Nc1nc2c(c(=O)[nH]1)n(CC(=O)O)c(=O)n2C1OC(CO)CC1O. The Balaban J connectivity index is 2.28. The molecule has 3 heterocycles. The lowest BCUT2D eigenvalue weighted by molar-refractivity contribution is -0.137. The summed E-state index contributed by atoms with van der Waals surface area (Å²) in [5.74, 6) is -1.62. The number of carboxylic acids is 1. The van der Waals surface area contributed by atoms with Gasteiger partial charge in [-0.2, -0.15) is 4.98 Å². The lowest BCUT2D eigenvalue weighted by Gasteiger charge is -2.15. The van der Waals surface area contributed by atoms with Crippen LogP contribution in [0.1, 0.15) is 12.6 Å². The molecule has 3 rings (SSSR count). The van der Waals surface area contributed by atoms with Gasteiger partial charge in [0.2, 0.25) is 5.95 Å². The van der Waals surface area contributed by atoms with Gasteiger partial charge in [0.05, 0.1) is 12.7 Å². The maximum atomic E-state index is 12.6. The highest BCUT2D eigenvalue weighted by atomic mass is 16.5. The Morgan fingerprint density at radius 3 is 2.75 bits per heavy atom. The molecule has 0 aromatic carbocycles. The minimum atomic E-state index is -1.34. The molecule has 0 radical (unpaired) electrons. The van der Waals surface area contributed by atoms with Gasteiger partial charge in [0.15, 0.2) is 17.4 Å². The van der Waals surface area contributed by atoms with Crippen molar-refractivity contribution in [1.29, 1.82) is 0 Å². The maximum absolute atomic E-state index is 12.6. The highest BCUT2D eigenvalue weighted by Crippen LogP contribution is 2.29. The Morgan fingerprint density at radius 2 is 2.17 bits per heavy atom. The zero-order valence-corrected chi connectivity index (χ0v) is 12.2. The second-order valence-corrected chi connectivity index (χ2v) is 5.39. The van der Waals surface area contributed by atoms with Gasteiger partial charge in [0.25, 0.3) is 5.56 Å². The topological polar surface area (TPSA) is 186 Å². The summed E-state index contributed by atoms with van der Waals surface area (Å²) in [7, 11) is 0. The number of imidazole rings is 1. The van der Waals surface area contributed by atoms with E-state index in [4.69, 9.17) is 20.7 Å². The molecule has 0 amide bonds. The number of nitrogens with zero attached hydrogens (tertiary/aromatic N) is 3. The number of rotatable bonds is 4. The number of aromatic nitrogens is 4. The first kappa shape index (κ1) is 16.2. The number of aliphatic carboxylic acids is 1. The molecular weight excluding hydrogens is 326 g/mol. The largest absolute Gasteiger partial charge is 0.480 e. The lowest BCUT2D eigenvalue weighted by Crippen LogP contribution is -2.33. The van der Waals surface area contributed by atoms with E-state index in [1.165, 1.54) is 0 Å². The summed E-state index contributed by atoms with van der Waals surface area (Å²) >= 11 is 0. The number of nitrogens with one attached hydrogen (secondary N) is 1. The van der Waals surface area contributed by atoms with Crippen molar-refractivity contribution in [2.45, 2.75) is 31.4 Å². The summed E-state index contributed by atoms with van der Waals surface area (Å²) in [6.07, 6.45) is -3.00. The summed E-state index contributed by atoms with van der Waals surface area (Å²) in [5, 5.41) is 28.2. The Morgan fingerprint density at radius 1 is 1.46 bits per heavy atom. The van der Waals surface area contributed by atoms with Gasteiger partial charge >= 0.3 is 11.7 Å². The van der Waals surface area contributed by atoms with Gasteiger partial charge in [0, 0.05) is 6.42 Å². The molecule has 3 unspecified atom stereocenters. The fourth-order valence-electron chi connectivity index (χ4n) is 2.79. The second kappa shape index (κ2) is 5.74. The number of anilines is 1. The van der Waals surface area contributed by atoms with E-state index in [0.29, 0.717) is 4.57 Å². The molecule has 6 N–H and O–H groups in total. The number of carbonyl (C=O) groups is 1. The van der Waals surface area contributed by atoms with Gasteiger partial charge in [-0.3, -0.25) is 19.1 Å². The first-order valence-electron chi connectivity index (χ1n) is 7.00. The van der Waals surface area contributed by atoms with E-state index in [1.54, 1.807) is 0 Å². The van der Waals surface area contributed by atoms with Crippen LogP contribution in [-0.4, -0.2) is 59.2 Å². The number of aliphatic hydroxyl groups is 2. The number of aromatic amines is 1. The molecule has 3 atom stereocenters. The highest BCUT2D eigenvalue weighted by molar-refractivity contribution is 5.75. The van der Waals surface area contributed by atoms with E-state index in [9.17, 15) is 19.5 Å². The van der Waals surface area contributed by atoms with Crippen LogP contribution in [0.25, 0.3) is 11.2 Å². The quantitative estimate of drug-likeness (QED) is 0.391. The van der Waals surface area contributed by atoms with Crippen molar-refractivity contribution < 1.29 is 24.9 Å². The van der Waals surface area contributed by atoms with Crippen LogP contribution in [0.4, 0.5) is 5.95 Å². The minimum Gasteiger partial charge on any atom is -0.480 e. The monoisotopic (exact) mass is 341 g/mol. The van der Waals surface area contributed by atoms with E-state index in [2.05, 4.69) is 9.97 Å². The van der Waals surface area contributed by atoms with Crippen molar-refractivity contribution in [2.24, 2.45) is 0 Å². The van der Waals surface area contributed by atoms with Crippen molar-refractivity contribution in [2.75, 3.05) is 12.3 Å². The molecule has 1 fully saturated rings. The number of hydrogen-bond acceptors (Lipinski definition) is 8. The van der Waals surface area contributed by atoms with E-state index >= 15 is 0 Å². The molecule has 2 aromatic heterocycles. The number of ether oxygens (including phenoxy) is 1. The molecule has 130 valence electrons. The molecule has 0 bridgehead atoms. The zero-order valence-electron chi connectivity index (χ0n) is 12.2. The van der Waals surface area contributed by atoms with Gasteiger partial charge in [-0.05, 0) is 0 Å². The second-order valence-electron chi connectivity index (χ2n) is 5.39. The highest BCUT2D eigenvalue weighted by Gasteiger charge is 2.38. The van der Waals surface area contributed by atoms with Crippen LogP contribution in [-0.2, 0) is 16.1 Å². The van der Waals surface area contributed by atoms with Gasteiger partial charge in [-0.15, -0.1) is 0 Å². The van der Waals surface area contributed by atoms with Crippen molar-refractivity contribution in [3.05, 3.63) is 20.8 Å². The molecule has 1 aliphatic rings. The Bertz CT molecular complexity index is 913. The summed E-state index contributed by atoms with van der Waals surface area (Å²) in [6, 6.07) is 0. The lowest BCUT2D eigenvalue weighted by atomic mass is 10.2. The number of nitrogens with two attached hydrogens (primary N) is 1. The Labute approximate surface area is 132 Å². The molecule has 24 heavy (non-hydrogen) atoms. The first-order chi connectivity index (χ1) is 11.3. The fourth-order valence-corrected chi connectivity index (χ4v) is 2.79.